The summed E-state index contributed by atoms with van der Waals surface area (Å²) < 4.78 is 53.4. The second-order valence-electron chi connectivity index (χ2n) is 10.1. The molecule has 10 nitrogen and oxygen atoms in total. The number of nitrogens with one attached hydrogen (secondary N) is 2. The molecule has 0 radical (unpaired) electrons. The lowest BCUT2D eigenvalue weighted by atomic mass is 9.83. The minimum absolute atomic E-state index is 0.0906. The van der Waals surface area contributed by atoms with E-state index in [-0.39, 0.29) is 6.04 Å². The summed E-state index contributed by atoms with van der Waals surface area (Å²) in [5.41, 5.74) is 1.64. The molecular weight excluding hydrogens is 530 g/mol. The summed E-state index contributed by atoms with van der Waals surface area (Å²) in [6.07, 6.45) is 5.27. The first-order valence-corrected chi connectivity index (χ1v) is 12.9. The van der Waals surface area contributed by atoms with Crippen LogP contribution in [0.4, 0.5) is 34.9 Å². The van der Waals surface area contributed by atoms with E-state index in [1.165, 1.54) is 29.5 Å². The van der Waals surface area contributed by atoms with Gasteiger partial charge in [-0.1, -0.05) is 0 Å². The van der Waals surface area contributed by atoms with Gasteiger partial charge in [-0.2, -0.15) is 10.2 Å². The molecule has 5 rings (SSSR count). The molecule has 14 heteroatoms. The number of rotatable bonds is 10. The van der Waals surface area contributed by atoms with Crippen molar-refractivity contribution in [1.82, 2.24) is 34.5 Å². The Bertz CT molecular complexity index is 1430. The number of aliphatic hydroxyl groups is 1. The van der Waals surface area contributed by atoms with Gasteiger partial charge in [0, 0.05) is 48.1 Å². The van der Waals surface area contributed by atoms with E-state index in [9.17, 15) is 22.7 Å². The van der Waals surface area contributed by atoms with Crippen LogP contribution < -0.4 is 10.6 Å². The number of halogens is 4. The van der Waals surface area contributed by atoms with Gasteiger partial charge in [0.15, 0.2) is 5.82 Å². The van der Waals surface area contributed by atoms with Crippen LogP contribution in [-0.2, 0) is 13.1 Å². The predicted octanol–water partition coefficient (Wildman–Crippen LogP) is 4.98. The fourth-order valence-electron chi connectivity index (χ4n) is 4.62. The van der Waals surface area contributed by atoms with Crippen LogP contribution in [0.5, 0.6) is 0 Å². The van der Waals surface area contributed by atoms with E-state index in [1.807, 2.05) is 6.92 Å². The first-order chi connectivity index (χ1) is 19.1. The summed E-state index contributed by atoms with van der Waals surface area (Å²) in [6.45, 7) is 0.798. The second kappa shape index (κ2) is 11.6. The maximum atomic E-state index is 12.9. The Morgan fingerprint density at radius 1 is 1.02 bits per heavy atom. The first-order valence-electron chi connectivity index (χ1n) is 12.9. The minimum Gasteiger partial charge on any atom is -0.390 e. The van der Waals surface area contributed by atoms with Crippen LogP contribution in [0, 0.1) is 0 Å². The van der Waals surface area contributed by atoms with Crippen molar-refractivity contribution in [2.75, 3.05) is 10.6 Å². The van der Waals surface area contributed by atoms with Crippen LogP contribution >= 0.6 is 0 Å². The third kappa shape index (κ3) is 6.92. The number of anilines is 3. The van der Waals surface area contributed by atoms with E-state index in [0.717, 1.165) is 17.5 Å². The van der Waals surface area contributed by atoms with Gasteiger partial charge in [-0.25, -0.2) is 32.5 Å². The van der Waals surface area contributed by atoms with E-state index >= 15 is 0 Å². The zero-order valence-corrected chi connectivity index (χ0v) is 21.7. The van der Waals surface area contributed by atoms with Gasteiger partial charge in [-0.3, -0.25) is 9.36 Å². The van der Waals surface area contributed by atoms with Gasteiger partial charge in [-0.05, 0) is 44.7 Å². The average molecular weight is 560 g/mol. The molecule has 1 aliphatic carbocycles. The lowest BCUT2D eigenvalue weighted by molar-refractivity contribution is 0.0196. The quantitative estimate of drug-likeness (QED) is 0.233. The third-order valence-corrected chi connectivity index (χ3v) is 6.70. The Kier molecular flexibility index (Phi) is 7.96. The van der Waals surface area contributed by atoms with Crippen molar-refractivity contribution in [2.24, 2.45) is 0 Å². The maximum absolute atomic E-state index is 12.9. The average Bonchev–Trinajstić information content (AvgIpc) is 3.55. The predicted molar refractivity (Wildman–Crippen MR) is 141 cm³/mol. The summed E-state index contributed by atoms with van der Waals surface area (Å²) in [5.74, 6) is 1.19. The highest BCUT2D eigenvalue weighted by Gasteiger charge is 2.29. The molecule has 1 fully saturated rings. The van der Waals surface area contributed by atoms with E-state index in [2.05, 4.69) is 35.8 Å². The SMILES string of the molecule is CC1(O)CCC(Nc2cc(Nc3ccnc(-c4cnn(CC(F)F)c4)n3)ncc2-c2ccn(CC(F)F)n2)CC1. The number of hydrogen-bond acceptors (Lipinski definition) is 8. The van der Waals surface area contributed by atoms with E-state index in [1.54, 1.807) is 24.4 Å². The fourth-order valence-corrected chi connectivity index (χ4v) is 4.62. The van der Waals surface area contributed by atoms with Gasteiger partial charge in [0.05, 0.1) is 23.1 Å². The van der Waals surface area contributed by atoms with Gasteiger partial charge in [0.1, 0.15) is 24.7 Å². The summed E-state index contributed by atoms with van der Waals surface area (Å²) in [6, 6.07) is 5.18. The highest BCUT2D eigenvalue weighted by atomic mass is 19.3. The van der Waals surface area contributed by atoms with Crippen molar-refractivity contribution >= 4 is 17.3 Å². The van der Waals surface area contributed by atoms with Crippen molar-refractivity contribution in [2.45, 2.75) is 70.2 Å². The Hall–Kier alpha value is -4.07. The molecule has 0 spiro atoms. The molecule has 4 aromatic heterocycles. The normalized spacial score (nSPS) is 19.4. The summed E-state index contributed by atoms with van der Waals surface area (Å²) >= 11 is 0. The number of nitrogens with zero attached hydrogens (tertiary/aromatic N) is 7. The second-order valence-corrected chi connectivity index (χ2v) is 10.1. The molecule has 0 atom stereocenters. The number of pyridine rings is 1. The van der Waals surface area contributed by atoms with Gasteiger partial charge in [0.25, 0.3) is 12.9 Å². The van der Waals surface area contributed by atoms with Gasteiger partial charge >= 0.3 is 0 Å². The van der Waals surface area contributed by atoms with Crippen LogP contribution in [0.1, 0.15) is 32.6 Å². The largest absolute Gasteiger partial charge is 0.390 e. The molecule has 1 saturated carbocycles. The van der Waals surface area contributed by atoms with E-state index in [4.69, 9.17) is 0 Å². The lowest BCUT2D eigenvalue weighted by Crippen LogP contribution is -2.35. The van der Waals surface area contributed by atoms with E-state index in [0.29, 0.717) is 52.8 Å². The molecule has 0 aliphatic heterocycles. The molecule has 3 N–H and O–H groups in total. The molecule has 40 heavy (non-hydrogen) atoms. The molecule has 0 bridgehead atoms. The van der Waals surface area contributed by atoms with E-state index < -0.39 is 31.5 Å². The molecule has 0 unspecified atom stereocenters. The monoisotopic (exact) mass is 559 g/mol. The van der Waals surface area contributed by atoms with Gasteiger partial charge in [-0.15, -0.1) is 0 Å². The van der Waals surface area contributed by atoms with Crippen molar-refractivity contribution in [3.8, 4) is 22.6 Å². The summed E-state index contributed by atoms with van der Waals surface area (Å²) in [7, 11) is 0. The summed E-state index contributed by atoms with van der Waals surface area (Å²) in [4.78, 5) is 13.2. The molecular formula is C26H29F4N9O. The third-order valence-electron chi connectivity index (χ3n) is 6.70. The summed E-state index contributed by atoms with van der Waals surface area (Å²) in [5, 5.41) is 25.2. The van der Waals surface area contributed by atoms with Crippen molar-refractivity contribution in [1.29, 1.82) is 0 Å². The van der Waals surface area contributed by atoms with Crippen molar-refractivity contribution in [3.05, 3.63) is 49.2 Å². The standard InChI is InChI=1S/C26H29F4N9O/c1-26(40)6-2-17(3-7-26)34-20-10-24(32-12-18(20)19-5-9-38(37-19)14-21(27)28)35-23-4-8-31-25(36-23)16-11-33-39(13-16)15-22(29)30/h4-5,8-13,17,21-22,40H,2-3,6-7,14-15H2,1H3,(H2,31,32,34,35,36). The fraction of sp³-hybridized carbons (Fsp3) is 0.423. The highest BCUT2D eigenvalue weighted by molar-refractivity contribution is 5.78. The smallest absolute Gasteiger partial charge is 0.257 e. The molecule has 4 heterocycles. The van der Waals surface area contributed by atoms with Gasteiger partial charge in [0.2, 0.25) is 0 Å². The molecule has 0 aromatic carbocycles. The van der Waals surface area contributed by atoms with Gasteiger partial charge < -0.3 is 15.7 Å². The van der Waals surface area contributed by atoms with Crippen molar-refractivity contribution in [3.63, 3.8) is 0 Å². The van der Waals surface area contributed by atoms with Crippen LogP contribution in [-0.4, -0.2) is 64.1 Å². The van der Waals surface area contributed by atoms with Crippen molar-refractivity contribution < 1.29 is 22.7 Å². The Labute approximate surface area is 227 Å². The van der Waals surface area contributed by atoms with Crippen LogP contribution in [0.3, 0.4) is 0 Å². The Balaban J connectivity index is 1.39. The first kappa shape index (κ1) is 27.5. The molecule has 1 aliphatic rings. The zero-order chi connectivity index (χ0) is 28.3. The van der Waals surface area contributed by atoms with Crippen LogP contribution in [0.15, 0.2) is 49.2 Å². The van der Waals surface area contributed by atoms with Crippen LogP contribution in [0.25, 0.3) is 22.6 Å². The minimum atomic E-state index is -2.53. The molecule has 0 saturated heterocycles. The Morgan fingerprint density at radius 3 is 2.52 bits per heavy atom. The topological polar surface area (TPSA) is 119 Å². The Morgan fingerprint density at radius 2 is 1.77 bits per heavy atom. The van der Waals surface area contributed by atoms with Crippen LogP contribution in [0.2, 0.25) is 0 Å². The number of aromatic nitrogens is 7. The number of hydrogen-bond donors (Lipinski definition) is 3. The number of alkyl halides is 4. The molecule has 4 aromatic rings. The zero-order valence-electron chi connectivity index (χ0n) is 21.7. The molecule has 0 amide bonds. The maximum Gasteiger partial charge on any atom is 0.257 e. The molecule has 212 valence electrons. The highest BCUT2D eigenvalue weighted by Crippen LogP contribution is 2.34. The lowest BCUT2D eigenvalue weighted by Gasteiger charge is -2.34.